The molecule has 0 unspecified atom stereocenters. The van der Waals surface area contributed by atoms with Crippen molar-refractivity contribution in [2.45, 2.75) is 19.9 Å². The van der Waals surface area contributed by atoms with Gasteiger partial charge in [-0.05, 0) is 42.2 Å². The van der Waals surface area contributed by atoms with E-state index in [4.69, 9.17) is 0 Å². The van der Waals surface area contributed by atoms with Crippen LogP contribution in [0.3, 0.4) is 0 Å². The lowest BCUT2D eigenvalue weighted by Gasteiger charge is -2.29. The van der Waals surface area contributed by atoms with Crippen LogP contribution in [0, 0.1) is 10.1 Å². The highest BCUT2D eigenvalue weighted by Crippen LogP contribution is 2.39. The van der Waals surface area contributed by atoms with E-state index >= 15 is 0 Å². The van der Waals surface area contributed by atoms with E-state index in [-0.39, 0.29) is 11.3 Å². The summed E-state index contributed by atoms with van der Waals surface area (Å²) in [5.74, 6) is -1.58. The number of nitro benzene ring substituents is 1. The van der Waals surface area contributed by atoms with Crippen LogP contribution in [-0.4, -0.2) is 57.7 Å². The number of Topliss-reactive ketones (excluding diaryl/α,β-unsaturated/α-hetero) is 1. The van der Waals surface area contributed by atoms with Gasteiger partial charge < -0.3 is 14.9 Å². The number of rotatable bonds is 9. The van der Waals surface area contributed by atoms with E-state index in [1.54, 1.807) is 17.5 Å². The van der Waals surface area contributed by atoms with Gasteiger partial charge in [0.25, 0.3) is 11.6 Å². The Labute approximate surface area is 178 Å². The summed E-state index contributed by atoms with van der Waals surface area (Å²) < 4.78 is 0. The molecule has 9 heteroatoms. The van der Waals surface area contributed by atoms with Crippen LogP contribution in [0.2, 0.25) is 0 Å². The first-order valence-corrected chi connectivity index (χ1v) is 10.6. The van der Waals surface area contributed by atoms with Gasteiger partial charge in [-0.25, -0.2) is 0 Å². The van der Waals surface area contributed by atoms with Crippen LogP contribution in [0.25, 0.3) is 0 Å². The molecule has 2 heterocycles. The van der Waals surface area contributed by atoms with Gasteiger partial charge in [0.1, 0.15) is 0 Å². The number of ketones is 1. The molecule has 30 heavy (non-hydrogen) atoms. The third-order valence-electron chi connectivity index (χ3n) is 5.26. The molecule has 0 spiro atoms. The lowest BCUT2D eigenvalue weighted by molar-refractivity contribution is -0.384. The predicted molar refractivity (Wildman–Crippen MR) is 114 cm³/mol. The first kappa shape index (κ1) is 21.7. The molecule has 0 bridgehead atoms. The summed E-state index contributed by atoms with van der Waals surface area (Å²) in [6.45, 7) is 6.54. The van der Waals surface area contributed by atoms with Gasteiger partial charge in [-0.3, -0.25) is 19.7 Å². The monoisotopic (exact) mass is 429 g/mol. The minimum atomic E-state index is -0.802. The molecule has 1 N–H and O–H groups in total. The predicted octanol–water partition coefficient (Wildman–Crippen LogP) is 3.58. The molecule has 1 atom stereocenters. The molecule has 1 aliphatic rings. The van der Waals surface area contributed by atoms with E-state index in [0.29, 0.717) is 23.5 Å². The number of aliphatic hydroxyl groups excluding tert-OH is 1. The Bertz CT molecular complexity index is 965. The molecule has 0 fully saturated rings. The van der Waals surface area contributed by atoms with Gasteiger partial charge in [0.05, 0.1) is 21.4 Å². The fraction of sp³-hybridized carbons (Fsp3) is 0.333. The summed E-state index contributed by atoms with van der Waals surface area (Å²) in [5, 5.41) is 23.4. The Kier molecular flexibility index (Phi) is 6.63. The van der Waals surface area contributed by atoms with Crippen molar-refractivity contribution >= 4 is 28.7 Å². The van der Waals surface area contributed by atoms with Gasteiger partial charge in [0, 0.05) is 25.2 Å². The summed E-state index contributed by atoms with van der Waals surface area (Å²) in [4.78, 5) is 40.5. The normalized spacial score (nSPS) is 16.6. The zero-order valence-electron chi connectivity index (χ0n) is 16.8. The molecule has 1 aromatic heterocycles. The lowest BCUT2D eigenvalue weighted by atomic mass is 9.95. The number of carbonyl (C=O) groups excluding carboxylic acids is 2. The van der Waals surface area contributed by atoms with E-state index in [2.05, 4.69) is 4.90 Å². The van der Waals surface area contributed by atoms with E-state index in [0.717, 1.165) is 13.1 Å². The number of carbonyl (C=O) groups is 2. The Balaban J connectivity index is 2.01. The van der Waals surface area contributed by atoms with E-state index in [9.17, 15) is 24.8 Å². The second-order valence-electron chi connectivity index (χ2n) is 6.85. The van der Waals surface area contributed by atoms with Crippen LogP contribution in [0.4, 0.5) is 5.69 Å². The Morgan fingerprint density at radius 3 is 2.43 bits per heavy atom. The number of likely N-dealkylation sites (N-methyl/N-ethyl adjacent to an activating group) is 1. The van der Waals surface area contributed by atoms with Gasteiger partial charge in [-0.15, -0.1) is 11.3 Å². The van der Waals surface area contributed by atoms with E-state index < -0.39 is 28.4 Å². The van der Waals surface area contributed by atoms with Crippen molar-refractivity contribution in [2.24, 2.45) is 0 Å². The summed E-state index contributed by atoms with van der Waals surface area (Å²) in [5.41, 5.74) is 0.463. The topological polar surface area (TPSA) is 104 Å². The third kappa shape index (κ3) is 4.12. The molecule has 158 valence electrons. The van der Waals surface area contributed by atoms with E-state index in [1.807, 2.05) is 13.8 Å². The third-order valence-corrected chi connectivity index (χ3v) is 6.13. The van der Waals surface area contributed by atoms with Crippen molar-refractivity contribution in [3.8, 4) is 0 Å². The maximum atomic E-state index is 13.1. The van der Waals surface area contributed by atoms with Gasteiger partial charge >= 0.3 is 0 Å². The van der Waals surface area contributed by atoms with Crippen molar-refractivity contribution in [1.82, 2.24) is 9.80 Å². The summed E-state index contributed by atoms with van der Waals surface area (Å²) >= 11 is 1.23. The van der Waals surface area contributed by atoms with Crippen LogP contribution >= 0.6 is 11.3 Å². The Morgan fingerprint density at radius 1 is 1.23 bits per heavy atom. The Morgan fingerprint density at radius 2 is 1.90 bits per heavy atom. The fourth-order valence-electron chi connectivity index (χ4n) is 3.57. The Hall–Kier alpha value is -3.04. The van der Waals surface area contributed by atoms with Crippen LogP contribution in [0.15, 0.2) is 53.1 Å². The maximum Gasteiger partial charge on any atom is 0.290 e. The number of aliphatic hydroxyl groups is 1. The molecule has 0 aliphatic carbocycles. The van der Waals surface area contributed by atoms with Gasteiger partial charge in [0.2, 0.25) is 5.78 Å². The number of nitro groups is 1. The highest BCUT2D eigenvalue weighted by molar-refractivity contribution is 7.12. The van der Waals surface area contributed by atoms with Crippen LogP contribution in [0.5, 0.6) is 0 Å². The number of hydrogen-bond donors (Lipinski definition) is 1. The van der Waals surface area contributed by atoms with Crippen molar-refractivity contribution in [2.75, 3.05) is 26.2 Å². The van der Waals surface area contributed by atoms with Crippen molar-refractivity contribution in [3.63, 3.8) is 0 Å². The minimum absolute atomic E-state index is 0.0100. The lowest BCUT2D eigenvalue weighted by Crippen LogP contribution is -2.38. The van der Waals surface area contributed by atoms with Gasteiger partial charge in [-0.1, -0.05) is 19.9 Å². The fourth-order valence-corrected chi connectivity index (χ4v) is 4.25. The van der Waals surface area contributed by atoms with Crippen molar-refractivity contribution in [1.29, 1.82) is 0 Å². The smallest absolute Gasteiger partial charge is 0.290 e. The SMILES string of the molecule is CCN(CC)CCN1C(=O)C(O)=C(C(=O)c2cccs2)[C@H]1c1ccc([N+](=O)[O-])cc1. The minimum Gasteiger partial charge on any atom is -0.503 e. The molecule has 3 rings (SSSR count). The van der Waals surface area contributed by atoms with Crippen LogP contribution in [-0.2, 0) is 4.79 Å². The first-order valence-electron chi connectivity index (χ1n) is 9.68. The summed E-state index contributed by atoms with van der Waals surface area (Å²) in [6.07, 6.45) is 0. The quantitative estimate of drug-likeness (QED) is 0.371. The highest BCUT2D eigenvalue weighted by atomic mass is 32.1. The molecular formula is C21H23N3O5S. The molecule has 8 nitrogen and oxygen atoms in total. The average Bonchev–Trinajstić information content (AvgIpc) is 3.37. The zero-order valence-corrected chi connectivity index (χ0v) is 17.6. The van der Waals surface area contributed by atoms with Gasteiger partial charge in [-0.2, -0.15) is 0 Å². The van der Waals surface area contributed by atoms with E-state index in [1.165, 1.54) is 40.5 Å². The molecule has 0 saturated heterocycles. The molecule has 0 radical (unpaired) electrons. The molecule has 0 saturated carbocycles. The summed E-state index contributed by atoms with van der Waals surface area (Å²) in [7, 11) is 0. The number of amides is 1. The van der Waals surface area contributed by atoms with Crippen LogP contribution < -0.4 is 0 Å². The molecule has 2 aromatic rings. The molecule has 1 aromatic carbocycles. The highest BCUT2D eigenvalue weighted by Gasteiger charge is 2.43. The first-order chi connectivity index (χ1) is 14.4. The number of nitrogens with zero attached hydrogens (tertiary/aromatic N) is 3. The maximum absolute atomic E-state index is 13.1. The van der Waals surface area contributed by atoms with Crippen LogP contribution in [0.1, 0.15) is 35.1 Å². The molecule has 1 aliphatic heterocycles. The largest absolute Gasteiger partial charge is 0.503 e. The number of thiophene rings is 1. The van der Waals surface area contributed by atoms with Crippen molar-refractivity contribution < 1.29 is 19.6 Å². The zero-order chi connectivity index (χ0) is 21.8. The molecule has 1 amide bonds. The second-order valence-corrected chi connectivity index (χ2v) is 7.79. The standard InChI is InChI=1S/C21H23N3O5S/c1-3-22(4-2)11-12-23-18(14-7-9-15(10-8-14)24(28)29)17(20(26)21(23)27)19(25)16-6-5-13-30-16/h5-10,13,18,26H,3-4,11-12H2,1-2H3/t18-/m1/s1. The number of non-ortho nitro benzene ring substituents is 1. The van der Waals surface area contributed by atoms with Gasteiger partial charge in [0.15, 0.2) is 5.76 Å². The summed E-state index contributed by atoms with van der Waals surface area (Å²) in [6, 6.07) is 8.30. The second kappa shape index (κ2) is 9.19. The molecular weight excluding hydrogens is 406 g/mol. The van der Waals surface area contributed by atoms with Crippen molar-refractivity contribution in [3.05, 3.63) is 73.7 Å². The number of hydrogen-bond acceptors (Lipinski definition) is 7. The average molecular weight is 429 g/mol. The number of benzene rings is 1.